The topological polar surface area (TPSA) is 47.3 Å². The average Bonchev–Trinajstić information content (AvgIpc) is 2.82. The summed E-state index contributed by atoms with van der Waals surface area (Å²) in [6.45, 7) is 2.58. The Morgan fingerprint density at radius 2 is 2.21 bits per heavy atom. The first-order valence-corrected chi connectivity index (χ1v) is 6.58. The SMILES string of the molecule is CCOc1cccc(C(O)CCc2ccnn2C)c1. The Morgan fingerprint density at radius 3 is 2.89 bits per heavy atom. The highest BCUT2D eigenvalue weighted by atomic mass is 16.5. The number of benzene rings is 1. The lowest BCUT2D eigenvalue weighted by Crippen LogP contribution is -2.04. The molecule has 0 aliphatic carbocycles. The highest BCUT2D eigenvalue weighted by Gasteiger charge is 2.10. The van der Waals surface area contributed by atoms with Gasteiger partial charge in [-0.15, -0.1) is 0 Å². The van der Waals surface area contributed by atoms with Crippen molar-refractivity contribution >= 4 is 0 Å². The molecule has 0 amide bonds. The van der Waals surface area contributed by atoms with Crippen LogP contribution in [-0.4, -0.2) is 21.5 Å². The number of aliphatic hydroxyl groups excluding tert-OH is 1. The molecule has 0 aliphatic rings. The van der Waals surface area contributed by atoms with Crippen LogP contribution in [0.4, 0.5) is 0 Å². The van der Waals surface area contributed by atoms with Gasteiger partial charge in [-0.3, -0.25) is 4.68 Å². The zero-order chi connectivity index (χ0) is 13.7. The number of hydrogen-bond acceptors (Lipinski definition) is 3. The van der Waals surface area contributed by atoms with Crippen molar-refractivity contribution in [1.82, 2.24) is 9.78 Å². The third-order valence-electron chi connectivity index (χ3n) is 3.15. The molecule has 0 spiro atoms. The van der Waals surface area contributed by atoms with Gasteiger partial charge in [-0.1, -0.05) is 12.1 Å². The molecule has 1 N–H and O–H groups in total. The quantitative estimate of drug-likeness (QED) is 0.868. The van der Waals surface area contributed by atoms with Gasteiger partial charge in [0.25, 0.3) is 0 Å². The van der Waals surface area contributed by atoms with Crippen LogP contribution in [0.25, 0.3) is 0 Å². The number of aryl methyl sites for hydroxylation is 2. The van der Waals surface area contributed by atoms with Gasteiger partial charge in [0.1, 0.15) is 5.75 Å². The molecule has 0 saturated heterocycles. The molecule has 1 atom stereocenters. The number of aromatic nitrogens is 2. The van der Waals surface area contributed by atoms with E-state index in [1.807, 2.05) is 49.0 Å². The smallest absolute Gasteiger partial charge is 0.119 e. The standard InChI is InChI=1S/C15H20N2O2/c1-3-19-14-6-4-5-12(11-14)15(18)8-7-13-9-10-16-17(13)2/h4-6,9-11,15,18H,3,7-8H2,1-2H3. The van der Waals surface area contributed by atoms with Gasteiger partial charge in [-0.25, -0.2) is 0 Å². The number of nitrogens with zero attached hydrogens (tertiary/aromatic N) is 2. The summed E-state index contributed by atoms with van der Waals surface area (Å²) in [7, 11) is 1.91. The first kappa shape index (κ1) is 13.6. The van der Waals surface area contributed by atoms with Crippen LogP contribution in [-0.2, 0) is 13.5 Å². The van der Waals surface area contributed by atoms with E-state index in [1.165, 1.54) is 0 Å². The molecule has 0 radical (unpaired) electrons. The van der Waals surface area contributed by atoms with Gasteiger partial charge in [-0.05, 0) is 43.5 Å². The van der Waals surface area contributed by atoms with Crippen LogP contribution < -0.4 is 4.74 Å². The molecule has 1 unspecified atom stereocenters. The molecule has 102 valence electrons. The lowest BCUT2D eigenvalue weighted by atomic mass is 10.0. The fraction of sp³-hybridized carbons (Fsp3) is 0.400. The first-order chi connectivity index (χ1) is 9.20. The average molecular weight is 260 g/mol. The van der Waals surface area contributed by atoms with E-state index in [2.05, 4.69) is 5.10 Å². The molecule has 4 heteroatoms. The van der Waals surface area contributed by atoms with Crippen molar-refractivity contribution in [2.24, 2.45) is 7.05 Å². The van der Waals surface area contributed by atoms with E-state index in [1.54, 1.807) is 6.20 Å². The Hall–Kier alpha value is -1.81. The summed E-state index contributed by atoms with van der Waals surface area (Å²) >= 11 is 0. The maximum Gasteiger partial charge on any atom is 0.119 e. The van der Waals surface area contributed by atoms with E-state index in [-0.39, 0.29) is 0 Å². The van der Waals surface area contributed by atoms with Gasteiger partial charge in [0.15, 0.2) is 0 Å². The summed E-state index contributed by atoms with van der Waals surface area (Å²) in [4.78, 5) is 0. The van der Waals surface area contributed by atoms with Gasteiger partial charge < -0.3 is 9.84 Å². The summed E-state index contributed by atoms with van der Waals surface area (Å²) in [6.07, 6.45) is 2.78. The molecule has 2 rings (SSSR count). The highest BCUT2D eigenvalue weighted by molar-refractivity contribution is 5.30. The fourth-order valence-corrected chi connectivity index (χ4v) is 2.08. The highest BCUT2D eigenvalue weighted by Crippen LogP contribution is 2.23. The summed E-state index contributed by atoms with van der Waals surface area (Å²) in [5.74, 6) is 0.805. The number of rotatable bonds is 6. The molecular weight excluding hydrogens is 240 g/mol. The second-order valence-corrected chi connectivity index (χ2v) is 4.51. The van der Waals surface area contributed by atoms with Gasteiger partial charge >= 0.3 is 0 Å². The molecule has 1 aromatic heterocycles. The largest absolute Gasteiger partial charge is 0.494 e. The van der Waals surface area contributed by atoms with Crippen LogP contribution in [0.1, 0.15) is 30.7 Å². The minimum atomic E-state index is -0.477. The number of aliphatic hydroxyl groups is 1. The van der Waals surface area contributed by atoms with E-state index in [0.29, 0.717) is 13.0 Å². The van der Waals surface area contributed by atoms with Crippen molar-refractivity contribution in [3.05, 3.63) is 47.8 Å². The minimum Gasteiger partial charge on any atom is -0.494 e. The molecule has 1 aromatic carbocycles. The van der Waals surface area contributed by atoms with Gasteiger partial charge in [0, 0.05) is 18.9 Å². The fourth-order valence-electron chi connectivity index (χ4n) is 2.08. The van der Waals surface area contributed by atoms with Gasteiger partial charge in [0.05, 0.1) is 12.7 Å². The second-order valence-electron chi connectivity index (χ2n) is 4.51. The number of hydrogen-bond donors (Lipinski definition) is 1. The summed E-state index contributed by atoms with van der Waals surface area (Å²) < 4.78 is 7.28. The molecule has 0 saturated carbocycles. The number of ether oxygens (including phenoxy) is 1. The van der Waals surface area contributed by atoms with Crippen molar-refractivity contribution in [1.29, 1.82) is 0 Å². The van der Waals surface area contributed by atoms with E-state index in [4.69, 9.17) is 4.74 Å². The van der Waals surface area contributed by atoms with Crippen LogP contribution in [0, 0.1) is 0 Å². The Balaban J connectivity index is 1.97. The third-order valence-corrected chi connectivity index (χ3v) is 3.15. The summed E-state index contributed by atoms with van der Waals surface area (Å²) in [6, 6.07) is 9.62. The van der Waals surface area contributed by atoms with Crippen LogP contribution in [0.2, 0.25) is 0 Å². The van der Waals surface area contributed by atoms with E-state index in [9.17, 15) is 5.11 Å². The van der Waals surface area contributed by atoms with Crippen molar-refractivity contribution in [2.75, 3.05) is 6.61 Å². The first-order valence-electron chi connectivity index (χ1n) is 6.58. The van der Waals surface area contributed by atoms with Crippen LogP contribution in [0.5, 0.6) is 5.75 Å². The predicted octanol–water partition coefficient (Wildman–Crippen LogP) is 2.49. The predicted molar refractivity (Wildman–Crippen MR) is 74.1 cm³/mol. The maximum atomic E-state index is 10.2. The molecule has 2 aromatic rings. The Labute approximate surface area is 113 Å². The van der Waals surface area contributed by atoms with Crippen LogP contribution >= 0.6 is 0 Å². The summed E-state index contributed by atoms with van der Waals surface area (Å²) in [5.41, 5.74) is 2.02. The third kappa shape index (κ3) is 3.58. The Morgan fingerprint density at radius 1 is 1.37 bits per heavy atom. The molecule has 0 fully saturated rings. The van der Waals surface area contributed by atoms with Crippen molar-refractivity contribution in [3.63, 3.8) is 0 Å². The normalized spacial score (nSPS) is 12.4. The maximum absolute atomic E-state index is 10.2. The van der Waals surface area contributed by atoms with E-state index in [0.717, 1.165) is 23.4 Å². The molecule has 0 aliphatic heterocycles. The zero-order valence-electron chi connectivity index (χ0n) is 11.4. The van der Waals surface area contributed by atoms with Gasteiger partial charge in [-0.2, -0.15) is 5.10 Å². The molecule has 19 heavy (non-hydrogen) atoms. The molecule has 0 bridgehead atoms. The minimum absolute atomic E-state index is 0.477. The molecule has 4 nitrogen and oxygen atoms in total. The van der Waals surface area contributed by atoms with Crippen molar-refractivity contribution in [2.45, 2.75) is 25.9 Å². The Bertz CT molecular complexity index is 522. The second kappa shape index (κ2) is 6.38. The zero-order valence-corrected chi connectivity index (χ0v) is 11.4. The molecule has 1 heterocycles. The lowest BCUT2D eigenvalue weighted by Gasteiger charge is -2.12. The summed E-state index contributed by atoms with van der Waals surface area (Å²) in [5, 5.41) is 14.3. The monoisotopic (exact) mass is 260 g/mol. The van der Waals surface area contributed by atoms with Crippen molar-refractivity contribution in [3.8, 4) is 5.75 Å². The van der Waals surface area contributed by atoms with Gasteiger partial charge in [0.2, 0.25) is 0 Å². The van der Waals surface area contributed by atoms with Crippen LogP contribution in [0.3, 0.4) is 0 Å². The van der Waals surface area contributed by atoms with E-state index >= 15 is 0 Å². The van der Waals surface area contributed by atoms with E-state index < -0.39 is 6.10 Å². The van der Waals surface area contributed by atoms with Crippen LogP contribution in [0.15, 0.2) is 36.5 Å². The molecular formula is C15H20N2O2. The lowest BCUT2D eigenvalue weighted by molar-refractivity contribution is 0.166. The van der Waals surface area contributed by atoms with Crippen molar-refractivity contribution < 1.29 is 9.84 Å². The Kier molecular flexibility index (Phi) is 4.58.